The average molecular weight is 226 g/mol. The van der Waals surface area contributed by atoms with Gasteiger partial charge >= 0.3 is 0 Å². The van der Waals surface area contributed by atoms with Crippen LogP contribution in [0.2, 0.25) is 0 Å². The van der Waals surface area contributed by atoms with Crippen LogP contribution in [0.15, 0.2) is 18.2 Å². The van der Waals surface area contributed by atoms with Crippen molar-refractivity contribution in [3.8, 4) is 0 Å². The highest BCUT2D eigenvalue weighted by Crippen LogP contribution is 2.17. The molecule has 0 aliphatic carbocycles. The van der Waals surface area contributed by atoms with E-state index in [1.165, 1.54) is 6.07 Å². The summed E-state index contributed by atoms with van der Waals surface area (Å²) < 4.78 is 13.6. The van der Waals surface area contributed by atoms with Crippen molar-refractivity contribution in [3.05, 3.63) is 29.6 Å². The van der Waals surface area contributed by atoms with Crippen molar-refractivity contribution >= 4 is 5.69 Å². The zero-order valence-electron chi connectivity index (χ0n) is 10.00. The van der Waals surface area contributed by atoms with Crippen molar-refractivity contribution in [2.45, 2.75) is 19.6 Å². The van der Waals surface area contributed by atoms with Gasteiger partial charge in [0.15, 0.2) is 0 Å². The van der Waals surface area contributed by atoms with E-state index < -0.39 is 0 Å². The Kier molecular flexibility index (Phi) is 4.71. The number of aliphatic hydroxyl groups excluding tert-OH is 1. The van der Waals surface area contributed by atoms with E-state index in [2.05, 4.69) is 5.32 Å². The molecule has 4 heteroatoms. The smallest absolute Gasteiger partial charge is 0.146 e. The summed E-state index contributed by atoms with van der Waals surface area (Å²) in [5.41, 5.74) is 1.46. The van der Waals surface area contributed by atoms with Gasteiger partial charge in [0.1, 0.15) is 5.82 Å². The Labute approximate surface area is 95.9 Å². The van der Waals surface area contributed by atoms with Crippen molar-refractivity contribution in [1.29, 1.82) is 0 Å². The van der Waals surface area contributed by atoms with E-state index in [1.807, 2.05) is 20.2 Å². The van der Waals surface area contributed by atoms with Crippen LogP contribution >= 0.6 is 0 Å². The first-order valence-corrected chi connectivity index (χ1v) is 5.35. The predicted molar refractivity (Wildman–Crippen MR) is 64.1 cm³/mol. The van der Waals surface area contributed by atoms with Crippen LogP contribution < -0.4 is 10.2 Å². The molecule has 0 radical (unpaired) electrons. The third-order valence-electron chi connectivity index (χ3n) is 2.26. The standard InChI is InChI=1S/C12H19FN2O/c1-9(16)7-14-8-10-4-5-12(15(2)3)11(13)6-10/h4-6,9,14,16H,7-8H2,1-3H3. The fraction of sp³-hybridized carbons (Fsp3) is 0.500. The Hall–Kier alpha value is -1.13. The van der Waals surface area contributed by atoms with Gasteiger partial charge in [-0.1, -0.05) is 6.07 Å². The average Bonchev–Trinajstić information content (AvgIpc) is 2.16. The van der Waals surface area contributed by atoms with Gasteiger partial charge in [0.05, 0.1) is 11.8 Å². The van der Waals surface area contributed by atoms with Crippen molar-refractivity contribution in [1.82, 2.24) is 5.32 Å². The third-order valence-corrected chi connectivity index (χ3v) is 2.26. The van der Waals surface area contributed by atoms with Gasteiger partial charge in [0, 0.05) is 27.2 Å². The number of benzene rings is 1. The maximum Gasteiger partial charge on any atom is 0.146 e. The summed E-state index contributed by atoms with van der Waals surface area (Å²) in [6.45, 7) is 2.79. The molecule has 1 aromatic carbocycles. The third kappa shape index (κ3) is 3.79. The van der Waals surface area contributed by atoms with Crippen LogP contribution in [-0.2, 0) is 6.54 Å². The van der Waals surface area contributed by atoms with Gasteiger partial charge in [-0.3, -0.25) is 0 Å². The van der Waals surface area contributed by atoms with Gasteiger partial charge in [0.25, 0.3) is 0 Å². The summed E-state index contributed by atoms with van der Waals surface area (Å²) >= 11 is 0. The summed E-state index contributed by atoms with van der Waals surface area (Å²) in [5, 5.41) is 12.1. The number of nitrogens with one attached hydrogen (secondary N) is 1. The molecule has 0 fully saturated rings. The molecule has 0 bridgehead atoms. The molecular weight excluding hydrogens is 207 g/mol. The number of hydrogen-bond donors (Lipinski definition) is 2. The van der Waals surface area contributed by atoms with E-state index in [9.17, 15) is 4.39 Å². The number of halogens is 1. The highest BCUT2D eigenvalue weighted by atomic mass is 19.1. The molecule has 0 spiro atoms. The van der Waals surface area contributed by atoms with E-state index in [0.717, 1.165) is 5.56 Å². The second-order valence-electron chi connectivity index (χ2n) is 4.16. The first kappa shape index (κ1) is 12.9. The molecular formula is C12H19FN2O. The van der Waals surface area contributed by atoms with E-state index in [4.69, 9.17) is 5.11 Å². The molecule has 1 unspecified atom stereocenters. The van der Waals surface area contributed by atoms with Crippen LogP contribution in [0.25, 0.3) is 0 Å². The van der Waals surface area contributed by atoms with Gasteiger partial charge < -0.3 is 15.3 Å². The van der Waals surface area contributed by atoms with Crippen LogP contribution in [0.3, 0.4) is 0 Å². The lowest BCUT2D eigenvalue weighted by Crippen LogP contribution is -2.24. The Morgan fingerprint density at radius 2 is 2.12 bits per heavy atom. The summed E-state index contributed by atoms with van der Waals surface area (Å²) in [6.07, 6.45) is -0.383. The lowest BCUT2D eigenvalue weighted by atomic mass is 10.2. The van der Waals surface area contributed by atoms with E-state index in [1.54, 1.807) is 17.9 Å². The van der Waals surface area contributed by atoms with Crippen molar-refractivity contribution in [2.75, 3.05) is 25.5 Å². The van der Waals surface area contributed by atoms with Gasteiger partial charge in [-0.05, 0) is 24.6 Å². The van der Waals surface area contributed by atoms with E-state index >= 15 is 0 Å². The van der Waals surface area contributed by atoms with Crippen molar-refractivity contribution in [2.24, 2.45) is 0 Å². The fourth-order valence-corrected chi connectivity index (χ4v) is 1.45. The Morgan fingerprint density at radius 1 is 1.44 bits per heavy atom. The van der Waals surface area contributed by atoms with Crippen molar-refractivity contribution < 1.29 is 9.50 Å². The number of rotatable bonds is 5. The number of aliphatic hydroxyl groups is 1. The normalized spacial score (nSPS) is 12.6. The molecule has 16 heavy (non-hydrogen) atoms. The zero-order chi connectivity index (χ0) is 12.1. The Morgan fingerprint density at radius 3 is 2.62 bits per heavy atom. The summed E-state index contributed by atoms with van der Waals surface area (Å²) in [5.74, 6) is -0.221. The van der Waals surface area contributed by atoms with Crippen molar-refractivity contribution in [3.63, 3.8) is 0 Å². The second-order valence-corrected chi connectivity index (χ2v) is 4.16. The highest BCUT2D eigenvalue weighted by Gasteiger charge is 2.05. The van der Waals surface area contributed by atoms with Crippen LogP contribution in [0.4, 0.5) is 10.1 Å². The largest absolute Gasteiger partial charge is 0.392 e. The molecule has 0 aliphatic rings. The van der Waals surface area contributed by atoms with Crippen LogP contribution in [0.5, 0.6) is 0 Å². The molecule has 1 rings (SSSR count). The minimum absolute atomic E-state index is 0.221. The molecule has 0 heterocycles. The summed E-state index contributed by atoms with van der Waals surface area (Å²) in [7, 11) is 3.62. The fourth-order valence-electron chi connectivity index (χ4n) is 1.45. The highest BCUT2D eigenvalue weighted by molar-refractivity contribution is 5.47. The SMILES string of the molecule is CC(O)CNCc1ccc(N(C)C)c(F)c1. The summed E-state index contributed by atoms with van der Waals surface area (Å²) in [4.78, 5) is 1.74. The Bertz CT molecular complexity index is 340. The quantitative estimate of drug-likeness (QED) is 0.796. The number of hydrogen-bond acceptors (Lipinski definition) is 3. The predicted octanol–water partition coefficient (Wildman–Crippen LogP) is 1.36. The zero-order valence-corrected chi connectivity index (χ0v) is 10.00. The van der Waals surface area contributed by atoms with Crippen LogP contribution in [0.1, 0.15) is 12.5 Å². The minimum atomic E-state index is -0.383. The van der Waals surface area contributed by atoms with Crippen LogP contribution in [-0.4, -0.2) is 31.9 Å². The molecule has 0 amide bonds. The molecule has 3 nitrogen and oxygen atoms in total. The lowest BCUT2D eigenvalue weighted by Gasteiger charge is -2.14. The maximum absolute atomic E-state index is 13.6. The maximum atomic E-state index is 13.6. The molecule has 0 aromatic heterocycles. The topological polar surface area (TPSA) is 35.5 Å². The number of nitrogens with zero attached hydrogens (tertiary/aromatic N) is 1. The van der Waals surface area contributed by atoms with Gasteiger partial charge in [-0.15, -0.1) is 0 Å². The van der Waals surface area contributed by atoms with Gasteiger partial charge in [-0.2, -0.15) is 0 Å². The first-order valence-electron chi connectivity index (χ1n) is 5.35. The Balaban J connectivity index is 2.59. The molecule has 1 atom stereocenters. The molecule has 0 saturated carbocycles. The van der Waals surface area contributed by atoms with Gasteiger partial charge in [-0.25, -0.2) is 4.39 Å². The minimum Gasteiger partial charge on any atom is -0.392 e. The van der Waals surface area contributed by atoms with Crippen LogP contribution in [0, 0.1) is 5.82 Å². The molecule has 1 aromatic rings. The molecule has 90 valence electrons. The molecule has 0 aliphatic heterocycles. The second kappa shape index (κ2) is 5.82. The number of anilines is 1. The first-order chi connectivity index (χ1) is 7.50. The molecule has 2 N–H and O–H groups in total. The summed E-state index contributed by atoms with van der Waals surface area (Å²) in [6, 6.07) is 5.16. The van der Waals surface area contributed by atoms with E-state index in [0.29, 0.717) is 18.8 Å². The lowest BCUT2D eigenvalue weighted by molar-refractivity contribution is 0.191. The monoisotopic (exact) mass is 226 g/mol. The molecule has 0 saturated heterocycles. The van der Waals surface area contributed by atoms with Gasteiger partial charge in [0.2, 0.25) is 0 Å². The van der Waals surface area contributed by atoms with E-state index in [-0.39, 0.29) is 11.9 Å².